The van der Waals surface area contributed by atoms with Gasteiger partial charge in [0.2, 0.25) is 0 Å². The Balaban J connectivity index is 2.09. The van der Waals surface area contributed by atoms with Gasteiger partial charge in [-0.2, -0.15) is 0 Å². The molecule has 100 valence electrons. The maximum atomic E-state index is 7.22. The van der Waals surface area contributed by atoms with Gasteiger partial charge in [0, 0.05) is 12.6 Å². The van der Waals surface area contributed by atoms with Crippen molar-refractivity contribution in [1.82, 2.24) is 5.32 Å². The van der Waals surface area contributed by atoms with Crippen molar-refractivity contribution in [2.75, 3.05) is 13.2 Å². The predicted octanol–water partition coefficient (Wildman–Crippen LogP) is 1.22. The molecule has 0 radical (unpaired) electrons. The third-order valence-corrected chi connectivity index (χ3v) is 2.86. The molecule has 0 aromatic carbocycles. The first-order valence-corrected chi connectivity index (χ1v) is 6.27. The fourth-order valence-corrected chi connectivity index (χ4v) is 1.89. The molecule has 0 saturated carbocycles. The van der Waals surface area contributed by atoms with Crippen LogP contribution in [-0.2, 0) is 9.47 Å². The average molecular weight is 243 g/mol. The summed E-state index contributed by atoms with van der Waals surface area (Å²) in [6, 6.07) is 0.0397. The van der Waals surface area contributed by atoms with Crippen LogP contribution in [0.15, 0.2) is 0 Å². The maximum absolute atomic E-state index is 7.22. The van der Waals surface area contributed by atoms with Gasteiger partial charge in [-0.15, -0.1) is 0 Å². The first-order valence-electron chi connectivity index (χ1n) is 6.27. The molecule has 1 aliphatic rings. The normalized spacial score (nSPS) is 24.6. The summed E-state index contributed by atoms with van der Waals surface area (Å²) in [7, 11) is 0. The summed E-state index contributed by atoms with van der Waals surface area (Å²) in [6.45, 7) is 7.01. The van der Waals surface area contributed by atoms with E-state index in [-0.39, 0.29) is 12.1 Å². The van der Waals surface area contributed by atoms with Gasteiger partial charge in [-0.05, 0) is 33.6 Å². The van der Waals surface area contributed by atoms with Crippen molar-refractivity contribution < 1.29 is 9.47 Å². The lowest BCUT2D eigenvalue weighted by molar-refractivity contribution is -0.140. The van der Waals surface area contributed by atoms with Crippen LogP contribution in [0, 0.1) is 5.41 Å². The largest absolute Gasteiger partial charge is 0.374 e. The van der Waals surface area contributed by atoms with Gasteiger partial charge < -0.3 is 20.5 Å². The smallest absolute Gasteiger partial charge is 0.163 e. The molecule has 0 amide bonds. The molecule has 5 nitrogen and oxygen atoms in total. The van der Waals surface area contributed by atoms with Gasteiger partial charge in [0.15, 0.2) is 5.79 Å². The van der Waals surface area contributed by atoms with E-state index in [1.807, 2.05) is 13.8 Å². The van der Waals surface area contributed by atoms with E-state index in [2.05, 4.69) is 5.32 Å². The Morgan fingerprint density at radius 3 is 2.76 bits per heavy atom. The minimum atomic E-state index is -0.485. The van der Waals surface area contributed by atoms with E-state index in [1.54, 1.807) is 6.92 Å². The van der Waals surface area contributed by atoms with Gasteiger partial charge in [0.1, 0.15) is 0 Å². The van der Waals surface area contributed by atoms with Crippen molar-refractivity contribution >= 4 is 5.84 Å². The van der Waals surface area contributed by atoms with Crippen LogP contribution < -0.4 is 11.1 Å². The molecule has 0 bridgehead atoms. The third-order valence-electron chi connectivity index (χ3n) is 2.86. The lowest BCUT2D eigenvalue weighted by atomic mass is 10.1. The summed E-state index contributed by atoms with van der Waals surface area (Å²) >= 11 is 0. The number of amidine groups is 1. The Bertz CT molecular complexity index is 256. The van der Waals surface area contributed by atoms with Gasteiger partial charge in [-0.3, -0.25) is 5.41 Å². The molecule has 1 fully saturated rings. The minimum absolute atomic E-state index is 0.0161. The number of rotatable bonds is 6. The molecule has 0 aliphatic carbocycles. The molecular weight excluding hydrogens is 218 g/mol. The highest BCUT2D eigenvalue weighted by molar-refractivity contribution is 5.75. The van der Waals surface area contributed by atoms with Gasteiger partial charge in [-0.1, -0.05) is 6.42 Å². The number of nitrogens with one attached hydrogen (secondary N) is 2. The average Bonchev–Trinajstić information content (AvgIpc) is 2.57. The molecule has 4 N–H and O–H groups in total. The molecule has 1 heterocycles. The Labute approximate surface area is 104 Å². The molecular formula is C12H25N3O2. The standard InChI is InChI=1S/C12H25N3O2/c1-9(13)15-7-5-4-6-10(14)11-8-16-12(2,3)17-11/h10-11H,4-8,14H2,1-3H3,(H2,13,15)/t10-,11?/m0/s1. The zero-order valence-electron chi connectivity index (χ0n) is 11.1. The SMILES string of the molecule is CC(=N)NCCCC[C@H](N)C1COC(C)(C)O1. The number of nitrogens with two attached hydrogens (primary N) is 1. The highest BCUT2D eigenvalue weighted by Gasteiger charge is 2.35. The van der Waals surface area contributed by atoms with Gasteiger partial charge in [-0.25, -0.2) is 0 Å². The number of unbranched alkanes of at least 4 members (excludes halogenated alkanes) is 1. The van der Waals surface area contributed by atoms with E-state index >= 15 is 0 Å². The predicted molar refractivity (Wildman–Crippen MR) is 68.1 cm³/mol. The van der Waals surface area contributed by atoms with Crippen LogP contribution in [0.25, 0.3) is 0 Å². The molecule has 5 heteroatoms. The van der Waals surface area contributed by atoms with Crippen molar-refractivity contribution in [3.05, 3.63) is 0 Å². The zero-order valence-corrected chi connectivity index (χ0v) is 11.1. The Morgan fingerprint density at radius 2 is 2.24 bits per heavy atom. The molecule has 1 unspecified atom stereocenters. The Morgan fingerprint density at radius 1 is 1.53 bits per heavy atom. The molecule has 0 aromatic heterocycles. The van der Waals surface area contributed by atoms with Crippen molar-refractivity contribution in [3.8, 4) is 0 Å². The van der Waals surface area contributed by atoms with E-state index in [4.69, 9.17) is 20.6 Å². The molecule has 1 rings (SSSR count). The second kappa shape index (κ2) is 6.33. The maximum Gasteiger partial charge on any atom is 0.163 e. The lowest BCUT2D eigenvalue weighted by Gasteiger charge is -2.21. The first kappa shape index (κ1) is 14.4. The molecule has 1 saturated heterocycles. The van der Waals surface area contributed by atoms with E-state index < -0.39 is 5.79 Å². The molecule has 1 aliphatic heterocycles. The fourth-order valence-electron chi connectivity index (χ4n) is 1.89. The Hall–Kier alpha value is -0.650. The van der Waals surface area contributed by atoms with Gasteiger partial charge in [0.25, 0.3) is 0 Å². The fraction of sp³-hybridized carbons (Fsp3) is 0.917. The van der Waals surface area contributed by atoms with Gasteiger partial charge in [0.05, 0.1) is 18.5 Å². The summed E-state index contributed by atoms with van der Waals surface area (Å²) < 4.78 is 11.2. The minimum Gasteiger partial charge on any atom is -0.374 e. The number of hydrogen-bond donors (Lipinski definition) is 3. The van der Waals surface area contributed by atoms with E-state index in [9.17, 15) is 0 Å². The van der Waals surface area contributed by atoms with Crippen LogP contribution in [0.4, 0.5) is 0 Å². The monoisotopic (exact) mass is 243 g/mol. The van der Waals surface area contributed by atoms with Crippen molar-refractivity contribution in [2.45, 2.75) is 58.0 Å². The number of hydrogen-bond acceptors (Lipinski definition) is 4. The summed E-state index contributed by atoms with van der Waals surface area (Å²) in [5, 5.41) is 10.2. The van der Waals surface area contributed by atoms with Crippen LogP contribution in [0.2, 0.25) is 0 Å². The lowest BCUT2D eigenvalue weighted by Crippen LogP contribution is -2.37. The van der Waals surface area contributed by atoms with Gasteiger partial charge >= 0.3 is 0 Å². The van der Waals surface area contributed by atoms with E-state index in [0.717, 1.165) is 25.8 Å². The van der Waals surface area contributed by atoms with Crippen LogP contribution in [-0.4, -0.2) is 36.9 Å². The van der Waals surface area contributed by atoms with Crippen molar-refractivity contribution in [2.24, 2.45) is 5.73 Å². The second-order valence-corrected chi connectivity index (χ2v) is 5.08. The van der Waals surface area contributed by atoms with Crippen molar-refractivity contribution in [3.63, 3.8) is 0 Å². The summed E-state index contributed by atoms with van der Waals surface area (Å²) in [5.74, 6) is 0.0322. The Kier molecular flexibility index (Phi) is 5.36. The molecule has 0 spiro atoms. The van der Waals surface area contributed by atoms with Crippen LogP contribution in [0.5, 0.6) is 0 Å². The quantitative estimate of drug-likeness (QED) is 0.372. The number of ether oxygens (including phenoxy) is 2. The molecule has 0 aromatic rings. The highest BCUT2D eigenvalue weighted by atomic mass is 16.7. The molecule has 2 atom stereocenters. The third kappa shape index (κ3) is 5.48. The highest BCUT2D eigenvalue weighted by Crippen LogP contribution is 2.24. The van der Waals surface area contributed by atoms with Crippen LogP contribution in [0.3, 0.4) is 0 Å². The summed E-state index contributed by atoms with van der Waals surface area (Å²) in [6.07, 6.45) is 3.02. The zero-order chi connectivity index (χ0) is 12.9. The van der Waals surface area contributed by atoms with E-state index in [1.165, 1.54) is 0 Å². The second-order valence-electron chi connectivity index (χ2n) is 5.08. The topological polar surface area (TPSA) is 80.4 Å². The van der Waals surface area contributed by atoms with Crippen molar-refractivity contribution in [1.29, 1.82) is 5.41 Å². The molecule has 17 heavy (non-hydrogen) atoms. The van der Waals surface area contributed by atoms with E-state index in [0.29, 0.717) is 12.4 Å². The summed E-state index contributed by atoms with van der Waals surface area (Å²) in [5.41, 5.74) is 6.07. The summed E-state index contributed by atoms with van der Waals surface area (Å²) in [4.78, 5) is 0. The van der Waals surface area contributed by atoms with Crippen LogP contribution >= 0.6 is 0 Å². The first-order chi connectivity index (χ1) is 7.91. The van der Waals surface area contributed by atoms with Crippen LogP contribution in [0.1, 0.15) is 40.0 Å².